The average molecular weight is 315 g/mol. The third kappa shape index (κ3) is 3.40. The number of hydrogen-bond donors (Lipinski definition) is 0. The molecule has 0 amide bonds. The second-order valence-corrected chi connectivity index (χ2v) is 6.57. The molecule has 23 heavy (non-hydrogen) atoms. The van der Waals surface area contributed by atoms with Gasteiger partial charge in [0.25, 0.3) is 5.89 Å². The first kappa shape index (κ1) is 14.7. The highest BCUT2D eigenvalue weighted by Crippen LogP contribution is 2.38. The molecule has 7 nitrogen and oxygen atoms in total. The number of hydrogen-bond acceptors (Lipinski definition) is 7. The molecule has 0 aromatic carbocycles. The quantitative estimate of drug-likeness (QED) is 0.854. The minimum Gasteiger partial charge on any atom is -0.363 e. The van der Waals surface area contributed by atoms with Gasteiger partial charge in [-0.05, 0) is 32.3 Å². The summed E-state index contributed by atoms with van der Waals surface area (Å²) in [4.78, 5) is 15.6. The second kappa shape index (κ2) is 5.98. The van der Waals surface area contributed by atoms with E-state index in [4.69, 9.17) is 9.26 Å². The van der Waals surface area contributed by atoms with E-state index < -0.39 is 0 Å². The Labute approximate surface area is 135 Å². The van der Waals surface area contributed by atoms with Crippen molar-refractivity contribution in [3.8, 4) is 0 Å². The standard InChI is InChI=1S/C16H21N5O2/c1-10-5-17-14(18-6-10)9-21-7-11(2)22-13(8-21)16-19-15(20-23-16)12-3-4-12/h5-6,11-13H,3-4,7-9H2,1-2H3/t11-,13-/m1/s1. The van der Waals surface area contributed by atoms with Crippen LogP contribution < -0.4 is 0 Å². The number of morpholine rings is 1. The lowest BCUT2D eigenvalue weighted by atomic mass is 10.2. The minimum atomic E-state index is -0.177. The lowest BCUT2D eigenvalue weighted by Gasteiger charge is -2.34. The van der Waals surface area contributed by atoms with Crippen LogP contribution in [0.3, 0.4) is 0 Å². The molecule has 0 spiro atoms. The lowest BCUT2D eigenvalue weighted by molar-refractivity contribution is -0.0935. The third-order valence-electron chi connectivity index (χ3n) is 4.21. The topological polar surface area (TPSA) is 77.2 Å². The monoisotopic (exact) mass is 315 g/mol. The minimum absolute atomic E-state index is 0.107. The van der Waals surface area contributed by atoms with Crippen LogP contribution in [0.1, 0.15) is 54.9 Å². The number of nitrogens with zero attached hydrogens (tertiary/aromatic N) is 5. The highest BCUT2D eigenvalue weighted by Gasteiger charge is 2.34. The molecule has 4 rings (SSSR count). The second-order valence-electron chi connectivity index (χ2n) is 6.57. The van der Waals surface area contributed by atoms with Gasteiger partial charge in [0.1, 0.15) is 11.9 Å². The molecule has 2 atom stereocenters. The Morgan fingerprint density at radius 3 is 2.74 bits per heavy atom. The van der Waals surface area contributed by atoms with Gasteiger partial charge in [0.2, 0.25) is 0 Å². The molecule has 2 aliphatic rings. The molecule has 0 N–H and O–H groups in total. The molecular weight excluding hydrogens is 294 g/mol. The van der Waals surface area contributed by atoms with E-state index in [1.54, 1.807) is 0 Å². The van der Waals surface area contributed by atoms with Crippen molar-refractivity contribution in [2.75, 3.05) is 13.1 Å². The Morgan fingerprint density at radius 2 is 2.00 bits per heavy atom. The van der Waals surface area contributed by atoms with Crippen molar-refractivity contribution in [2.45, 2.75) is 51.4 Å². The molecule has 2 aromatic heterocycles. The summed E-state index contributed by atoms with van der Waals surface area (Å²) in [6, 6.07) is 0. The smallest absolute Gasteiger partial charge is 0.257 e. The molecule has 1 saturated heterocycles. The Hall–Kier alpha value is -1.86. The Morgan fingerprint density at radius 1 is 1.22 bits per heavy atom. The van der Waals surface area contributed by atoms with Gasteiger partial charge < -0.3 is 9.26 Å². The van der Waals surface area contributed by atoms with Gasteiger partial charge in [-0.2, -0.15) is 4.98 Å². The van der Waals surface area contributed by atoms with E-state index in [2.05, 4.69) is 31.9 Å². The molecule has 2 fully saturated rings. The highest BCUT2D eigenvalue weighted by atomic mass is 16.5. The predicted octanol–water partition coefficient (Wildman–Crippen LogP) is 2.01. The van der Waals surface area contributed by atoms with Gasteiger partial charge in [-0.1, -0.05) is 5.16 Å². The zero-order valence-corrected chi connectivity index (χ0v) is 13.5. The van der Waals surface area contributed by atoms with Crippen LogP contribution in [-0.2, 0) is 11.3 Å². The van der Waals surface area contributed by atoms with Crippen LogP contribution in [0.2, 0.25) is 0 Å². The summed E-state index contributed by atoms with van der Waals surface area (Å²) in [5.74, 6) is 2.74. The van der Waals surface area contributed by atoms with Gasteiger partial charge in [-0.25, -0.2) is 9.97 Å². The highest BCUT2D eigenvalue weighted by molar-refractivity contribution is 5.05. The summed E-state index contributed by atoms with van der Waals surface area (Å²) in [6.45, 7) is 6.32. The molecule has 3 heterocycles. The molecule has 122 valence electrons. The molecule has 1 aliphatic heterocycles. The van der Waals surface area contributed by atoms with Crippen LogP contribution in [0.4, 0.5) is 0 Å². The number of rotatable bonds is 4. The van der Waals surface area contributed by atoms with E-state index in [1.165, 1.54) is 0 Å². The average Bonchev–Trinajstić information content (AvgIpc) is 3.26. The Balaban J connectivity index is 1.45. The zero-order chi connectivity index (χ0) is 15.8. The van der Waals surface area contributed by atoms with E-state index in [1.807, 2.05) is 19.3 Å². The molecule has 0 unspecified atom stereocenters. The van der Waals surface area contributed by atoms with E-state index in [-0.39, 0.29) is 12.2 Å². The summed E-state index contributed by atoms with van der Waals surface area (Å²) in [5.41, 5.74) is 1.07. The maximum atomic E-state index is 5.99. The van der Waals surface area contributed by atoms with Gasteiger partial charge in [-0.3, -0.25) is 4.90 Å². The zero-order valence-electron chi connectivity index (χ0n) is 13.5. The SMILES string of the molecule is Cc1cnc(CN2C[C@@H](C)O[C@@H](c3nc(C4CC4)no3)C2)nc1. The van der Waals surface area contributed by atoms with Gasteiger partial charge in [0.05, 0.1) is 12.6 Å². The Bertz CT molecular complexity index is 667. The van der Waals surface area contributed by atoms with Crippen molar-refractivity contribution in [1.29, 1.82) is 0 Å². The van der Waals surface area contributed by atoms with Crippen molar-refractivity contribution in [3.05, 3.63) is 35.5 Å². The molecule has 1 aliphatic carbocycles. The van der Waals surface area contributed by atoms with Crippen LogP contribution >= 0.6 is 0 Å². The van der Waals surface area contributed by atoms with Crippen LogP contribution in [-0.4, -0.2) is 44.2 Å². The summed E-state index contributed by atoms with van der Waals surface area (Å²) >= 11 is 0. The van der Waals surface area contributed by atoms with Crippen molar-refractivity contribution < 1.29 is 9.26 Å². The van der Waals surface area contributed by atoms with Gasteiger partial charge in [0.15, 0.2) is 5.82 Å². The first-order chi connectivity index (χ1) is 11.2. The van der Waals surface area contributed by atoms with Crippen molar-refractivity contribution in [3.63, 3.8) is 0 Å². The van der Waals surface area contributed by atoms with Crippen LogP contribution in [0.5, 0.6) is 0 Å². The molecule has 0 bridgehead atoms. The van der Waals surface area contributed by atoms with E-state index >= 15 is 0 Å². The number of aromatic nitrogens is 4. The summed E-state index contributed by atoms with van der Waals surface area (Å²) in [5, 5.41) is 4.09. The van der Waals surface area contributed by atoms with Crippen LogP contribution in [0.15, 0.2) is 16.9 Å². The summed E-state index contributed by atoms with van der Waals surface area (Å²) in [6.07, 6.45) is 5.96. The number of aryl methyl sites for hydroxylation is 1. The lowest BCUT2D eigenvalue weighted by Crippen LogP contribution is -2.42. The molecule has 2 aromatic rings. The first-order valence-electron chi connectivity index (χ1n) is 8.16. The molecular formula is C16H21N5O2. The largest absolute Gasteiger partial charge is 0.363 e. The molecule has 1 saturated carbocycles. The first-order valence-corrected chi connectivity index (χ1v) is 8.16. The van der Waals surface area contributed by atoms with E-state index in [9.17, 15) is 0 Å². The molecule has 7 heteroatoms. The van der Waals surface area contributed by atoms with Gasteiger partial charge in [-0.15, -0.1) is 0 Å². The number of ether oxygens (including phenoxy) is 1. The Kier molecular flexibility index (Phi) is 3.82. The predicted molar refractivity (Wildman–Crippen MR) is 81.6 cm³/mol. The maximum Gasteiger partial charge on any atom is 0.257 e. The fraction of sp³-hybridized carbons (Fsp3) is 0.625. The molecule has 0 radical (unpaired) electrons. The van der Waals surface area contributed by atoms with E-state index in [0.29, 0.717) is 24.9 Å². The third-order valence-corrected chi connectivity index (χ3v) is 4.21. The van der Waals surface area contributed by atoms with Gasteiger partial charge >= 0.3 is 0 Å². The van der Waals surface area contributed by atoms with Crippen molar-refractivity contribution in [2.24, 2.45) is 0 Å². The van der Waals surface area contributed by atoms with E-state index in [0.717, 1.165) is 36.6 Å². The van der Waals surface area contributed by atoms with Crippen molar-refractivity contribution >= 4 is 0 Å². The maximum absolute atomic E-state index is 5.99. The van der Waals surface area contributed by atoms with Crippen LogP contribution in [0, 0.1) is 6.92 Å². The fourth-order valence-corrected chi connectivity index (χ4v) is 2.89. The summed E-state index contributed by atoms with van der Waals surface area (Å²) in [7, 11) is 0. The van der Waals surface area contributed by atoms with Crippen LogP contribution in [0.25, 0.3) is 0 Å². The van der Waals surface area contributed by atoms with Gasteiger partial charge in [0, 0.05) is 31.4 Å². The fourth-order valence-electron chi connectivity index (χ4n) is 2.89. The van der Waals surface area contributed by atoms with Crippen molar-refractivity contribution in [1.82, 2.24) is 25.0 Å². The summed E-state index contributed by atoms with van der Waals surface area (Å²) < 4.78 is 11.4. The normalized spacial score (nSPS) is 25.7.